The molecule has 0 fully saturated rings. The van der Waals surface area contributed by atoms with Crippen LogP contribution in [0.4, 0.5) is 0 Å². The lowest BCUT2D eigenvalue weighted by atomic mass is 10.0. The zero-order valence-corrected chi connectivity index (χ0v) is 16.3. The molecule has 0 radical (unpaired) electrons. The van der Waals surface area contributed by atoms with E-state index in [4.69, 9.17) is 14.2 Å². The number of methoxy groups -OCH3 is 1. The molecule has 0 spiro atoms. The standard InChI is InChI=1S/C23H23N3O2/c1-16-5-4-6-18(11-16)23-19(14-26(2)15-21-9-10-24-28-21)12-17-7-8-20(27-3)13-22(17)25-23/h4-13H,14-15H2,1-3H3. The van der Waals surface area contributed by atoms with Crippen molar-refractivity contribution in [3.05, 3.63) is 77.7 Å². The molecule has 0 aliphatic heterocycles. The summed E-state index contributed by atoms with van der Waals surface area (Å²) >= 11 is 0. The van der Waals surface area contributed by atoms with E-state index in [1.54, 1.807) is 13.3 Å². The number of benzene rings is 2. The maximum Gasteiger partial charge on any atom is 0.150 e. The smallest absolute Gasteiger partial charge is 0.150 e. The fourth-order valence-electron chi connectivity index (χ4n) is 3.42. The second-order valence-electron chi connectivity index (χ2n) is 7.08. The monoisotopic (exact) mass is 373 g/mol. The van der Waals surface area contributed by atoms with E-state index in [1.165, 1.54) is 11.1 Å². The normalized spacial score (nSPS) is 11.3. The fourth-order valence-corrected chi connectivity index (χ4v) is 3.42. The molecule has 0 saturated carbocycles. The van der Waals surface area contributed by atoms with E-state index in [1.807, 2.05) is 18.2 Å². The number of hydrogen-bond acceptors (Lipinski definition) is 5. The molecule has 5 nitrogen and oxygen atoms in total. The van der Waals surface area contributed by atoms with E-state index in [0.29, 0.717) is 6.54 Å². The second kappa shape index (κ2) is 7.82. The van der Waals surface area contributed by atoms with E-state index in [-0.39, 0.29) is 0 Å². The Hall–Kier alpha value is -3.18. The summed E-state index contributed by atoms with van der Waals surface area (Å²) in [6.07, 6.45) is 1.67. The quantitative estimate of drug-likeness (QED) is 0.484. The molecule has 0 amide bonds. The van der Waals surface area contributed by atoms with Crippen LogP contribution < -0.4 is 4.74 Å². The molecule has 0 unspecified atom stereocenters. The number of aromatic nitrogens is 2. The summed E-state index contributed by atoms with van der Waals surface area (Å²) < 4.78 is 10.6. The highest BCUT2D eigenvalue weighted by molar-refractivity contribution is 5.84. The van der Waals surface area contributed by atoms with Gasteiger partial charge in [-0.25, -0.2) is 4.98 Å². The highest BCUT2D eigenvalue weighted by atomic mass is 16.5. The maximum absolute atomic E-state index is 5.38. The average Bonchev–Trinajstić information content (AvgIpc) is 3.20. The lowest BCUT2D eigenvalue weighted by molar-refractivity contribution is 0.267. The van der Waals surface area contributed by atoms with Crippen LogP contribution in [-0.4, -0.2) is 29.2 Å². The molecule has 0 aliphatic carbocycles. The molecule has 2 aromatic heterocycles. The third-order valence-electron chi connectivity index (χ3n) is 4.75. The summed E-state index contributed by atoms with van der Waals surface area (Å²) in [5.74, 6) is 1.66. The number of ether oxygens (including phenoxy) is 1. The first-order valence-electron chi connectivity index (χ1n) is 9.25. The Kier molecular flexibility index (Phi) is 5.08. The average molecular weight is 373 g/mol. The lowest BCUT2D eigenvalue weighted by Gasteiger charge is -2.18. The Labute approximate surface area is 164 Å². The molecule has 0 N–H and O–H groups in total. The zero-order chi connectivity index (χ0) is 19.5. The van der Waals surface area contributed by atoms with Crippen LogP contribution in [0.2, 0.25) is 0 Å². The van der Waals surface area contributed by atoms with Crippen molar-refractivity contribution in [1.82, 2.24) is 15.0 Å². The minimum Gasteiger partial charge on any atom is -0.497 e. The molecule has 0 bridgehead atoms. The van der Waals surface area contributed by atoms with Gasteiger partial charge in [-0.3, -0.25) is 4.90 Å². The van der Waals surface area contributed by atoms with E-state index >= 15 is 0 Å². The van der Waals surface area contributed by atoms with Crippen molar-refractivity contribution in [1.29, 1.82) is 0 Å². The minimum absolute atomic E-state index is 0.688. The van der Waals surface area contributed by atoms with E-state index in [9.17, 15) is 0 Å². The summed E-state index contributed by atoms with van der Waals surface area (Å²) in [6, 6.07) is 18.6. The third kappa shape index (κ3) is 3.89. The van der Waals surface area contributed by atoms with Gasteiger partial charge < -0.3 is 9.26 Å². The number of hydrogen-bond donors (Lipinski definition) is 0. The Morgan fingerprint density at radius 3 is 2.68 bits per heavy atom. The van der Waals surface area contributed by atoms with Gasteiger partial charge in [0.25, 0.3) is 0 Å². The highest BCUT2D eigenvalue weighted by Crippen LogP contribution is 2.29. The molecule has 2 aromatic carbocycles. The van der Waals surface area contributed by atoms with Crippen LogP contribution in [0, 0.1) is 6.92 Å². The molecule has 0 atom stereocenters. The van der Waals surface area contributed by atoms with Gasteiger partial charge in [-0.1, -0.05) is 28.9 Å². The summed E-state index contributed by atoms with van der Waals surface area (Å²) in [5, 5.41) is 4.89. The molecular formula is C23H23N3O2. The van der Waals surface area contributed by atoms with Crippen molar-refractivity contribution >= 4 is 10.9 Å². The number of fused-ring (bicyclic) bond motifs is 1. The molecule has 142 valence electrons. The second-order valence-corrected chi connectivity index (χ2v) is 7.08. The van der Waals surface area contributed by atoms with Crippen molar-refractivity contribution in [2.45, 2.75) is 20.0 Å². The molecule has 5 heteroatoms. The van der Waals surface area contributed by atoms with Crippen molar-refractivity contribution in [3.8, 4) is 17.0 Å². The van der Waals surface area contributed by atoms with Crippen molar-refractivity contribution < 1.29 is 9.26 Å². The predicted molar refractivity (Wildman–Crippen MR) is 110 cm³/mol. The lowest BCUT2D eigenvalue weighted by Crippen LogP contribution is -2.17. The van der Waals surface area contributed by atoms with Crippen molar-refractivity contribution in [2.24, 2.45) is 0 Å². The first-order chi connectivity index (χ1) is 13.6. The fraction of sp³-hybridized carbons (Fsp3) is 0.217. The van der Waals surface area contributed by atoms with Crippen LogP contribution in [-0.2, 0) is 13.1 Å². The van der Waals surface area contributed by atoms with Gasteiger partial charge in [0, 0.05) is 29.6 Å². The van der Waals surface area contributed by atoms with Gasteiger partial charge in [0.2, 0.25) is 0 Å². The van der Waals surface area contributed by atoms with Crippen molar-refractivity contribution in [2.75, 3.05) is 14.2 Å². The first-order valence-corrected chi connectivity index (χ1v) is 9.25. The van der Waals surface area contributed by atoms with Gasteiger partial charge >= 0.3 is 0 Å². The predicted octanol–water partition coefficient (Wildman–Crippen LogP) is 4.84. The topological polar surface area (TPSA) is 51.4 Å². The highest BCUT2D eigenvalue weighted by Gasteiger charge is 2.13. The number of pyridine rings is 1. The first kappa shape index (κ1) is 18.2. The molecule has 2 heterocycles. The van der Waals surface area contributed by atoms with Gasteiger partial charge in [0.1, 0.15) is 5.75 Å². The SMILES string of the molecule is COc1ccc2cc(CN(C)Cc3ccno3)c(-c3cccc(C)c3)nc2c1. The van der Waals surface area contributed by atoms with Gasteiger partial charge in [0.05, 0.1) is 31.1 Å². The minimum atomic E-state index is 0.688. The van der Waals surface area contributed by atoms with E-state index in [2.05, 4.69) is 60.4 Å². The van der Waals surface area contributed by atoms with Crippen LogP contribution in [0.5, 0.6) is 5.75 Å². The summed E-state index contributed by atoms with van der Waals surface area (Å²) in [4.78, 5) is 7.20. The molecule has 28 heavy (non-hydrogen) atoms. The molecular weight excluding hydrogens is 350 g/mol. The molecule has 4 aromatic rings. The van der Waals surface area contributed by atoms with Gasteiger partial charge in [-0.2, -0.15) is 0 Å². The summed E-state index contributed by atoms with van der Waals surface area (Å²) in [7, 11) is 3.75. The Bertz CT molecular complexity index is 1090. The Morgan fingerprint density at radius 1 is 1.04 bits per heavy atom. The number of nitrogens with zero attached hydrogens (tertiary/aromatic N) is 3. The van der Waals surface area contributed by atoms with Crippen LogP contribution in [0.3, 0.4) is 0 Å². The zero-order valence-electron chi connectivity index (χ0n) is 16.3. The Morgan fingerprint density at radius 2 is 1.93 bits per heavy atom. The van der Waals surface area contributed by atoms with Crippen molar-refractivity contribution in [3.63, 3.8) is 0 Å². The number of rotatable bonds is 6. The number of aryl methyl sites for hydroxylation is 1. The van der Waals surface area contributed by atoms with Gasteiger partial charge in [-0.15, -0.1) is 0 Å². The van der Waals surface area contributed by atoms with Crippen LogP contribution in [0.1, 0.15) is 16.9 Å². The van der Waals surface area contributed by atoms with Crippen LogP contribution >= 0.6 is 0 Å². The molecule has 0 aliphatic rings. The van der Waals surface area contributed by atoms with Gasteiger partial charge in [-0.05, 0) is 43.8 Å². The molecule has 4 rings (SSSR count). The van der Waals surface area contributed by atoms with E-state index in [0.717, 1.165) is 40.2 Å². The Balaban J connectivity index is 1.77. The van der Waals surface area contributed by atoms with Gasteiger partial charge in [0.15, 0.2) is 5.76 Å². The summed E-state index contributed by atoms with van der Waals surface area (Å²) in [6.45, 7) is 3.54. The molecule has 0 saturated heterocycles. The largest absolute Gasteiger partial charge is 0.497 e. The third-order valence-corrected chi connectivity index (χ3v) is 4.75. The van der Waals surface area contributed by atoms with Crippen LogP contribution in [0.15, 0.2) is 65.3 Å². The van der Waals surface area contributed by atoms with E-state index < -0.39 is 0 Å². The maximum atomic E-state index is 5.38. The van der Waals surface area contributed by atoms with Crippen LogP contribution in [0.25, 0.3) is 22.2 Å². The summed E-state index contributed by atoms with van der Waals surface area (Å²) in [5.41, 5.74) is 5.43.